The summed E-state index contributed by atoms with van der Waals surface area (Å²) in [6.45, 7) is 10.2. The van der Waals surface area contributed by atoms with Gasteiger partial charge in [0.2, 0.25) is 5.91 Å². The fourth-order valence-corrected chi connectivity index (χ4v) is 5.95. The van der Waals surface area contributed by atoms with E-state index in [0.29, 0.717) is 30.6 Å². The Morgan fingerprint density at radius 2 is 1.86 bits per heavy atom. The minimum Gasteiger partial charge on any atom is -0.450 e. The molecule has 0 aromatic rings. The molecule has 1 saturated carbocycles. The van der Waals surface area contributed by atoms with E-state index in [0.717, 1.165) is 64.2 Å². The number of hydrogen-bond donors (Lipinski definition) is 4. The molecule has 2 fully saturated rings. The van der Waals surface area contributed by atoms with E-state index in [1.54, 1.807) is 0 Å². The van der Waals surface area contributed by atoms with Crippen molar-refractivity contribution in [1.29, 1.82) is 5.41 Å². The molecular weight excluding hydrogens is 462 g/mol. The third kappa shape index (κ3) is 8.62. The molecule has 1 aliphatic heterocycles. The highest BCUT2D eigenvalue weighted by atomic mass is 32.1. The summed E-state index contributed by atoms with van der Waals surface area (Å²) in [5.41, 5.74) is 5.39. The molecule has 2 rings (SSSR count). The minimum absolute atomic E-state index is 0.0103. The van der Waals surface area contributed by atoms with Gasteiger partial charge in [0.15, 0.2) is 0 Å². The molecule has 35 heavy (non-hydrogen) atoms. The number of amidine groups is 1. The Morgan fingerprint density at radius 3 is 2.46 bits per heavy atom. The van der Waals surface area contributed by atoms with E-state index in [1.165, 1.54) is 0 Å². The van der Waals surface area contributed by atoms with Crippen LogP contribution in [0.3, 0.4) is 0 Å². The van der Waals surface area contributed by atoms with Gasteiger partial charge in [-0.1, -0.05) is 52.8 Å². The maximum absolute atomic E-state index is 13.2. The van der Waals surface area contributed by atoms with Gasteiger partial charge in [-0.05, 0) is 62.7 Å². The summed E-state index contributed by atoms with van der Waals surface area (Å²) in [6.07, 6.45) is 8.64. The Labute approximate surface area is 217 Å². The van der Waals surface area contributed by atoms with E-state index in [2.05, 4.69) is 38.3 Å². The molecule has 200 valence electrons. The van der Waals surface area contributed by atoms with Crippen molar-refractivity contribution < 1.29 is 14.3 Å². The van der Waals surface area contributed by atoms with Gasteiger partial charge in [-0.15, -0.1) is 0 Å². The van der Waals surface area contributed by atoms with Crippen molar-refractivity contribution in [2.24, 2.45) is 23.0 Å². The van der Waals surface area contributed by atoms with E-state index in [9.17, 15) is 9.59 Å². The largest absolute Gasteiger partial charge is 0.450 e. The van der Waals surface area contributed by atoms with Crippen molar-refractivity contribution in [3.8, 4) is 0 Å². The fourth-order valence-electron chi connectivity index (χ4n) is 5.36. The van der Waals surface area contributed by atoms with Crippen LogP contribution in [-0.2, 0) is 9.53 Å². The Balaban J connectivity index is 2.00. The van der Waals surface area contributed by atoms with Crippen molar-refractivity contribution in [3.05, 3.63) is 0 Å². The van der Waals surface area contributed by atoms with Gasteiger partial charge in [0.1, 0.15) is 11.0 Å². The molecule has 0 aromatic carbocycles. The number of ether oxygens (including phenoxy) is 1. The highest BCUT2D eigenvalue weighted by Crippen LogP contribution is 2.32. The number of carbonyl (C=O) groups is 2. The molecule has 0 bridgehead atoms. The van der Waals surface area contributed by atoms with E-state index in [4.69, 9.17) is 28.1 Å². The number of alkyl carbamates (subject to hydrolysis) is 1. The lowest BCUT2D eigenvalue weighted by atomic mass is 9.79. The monoisotopic (exact) mass is 509 g/mol. The molecule has 0 radical (unpaired) electrons. The van der Waals surface area contributed by atoms with Crippen molar-refractivity contribution in [2.45, 2.75) is 104 Å². The zero-order valence-electron chi connectivity index (χ0n) is 22.2. The zero-order valence-corrected chi connectivity index (χ0v) is 23.0. The highest BCUT2D eigenvalue weighted by Gasteiger charge is 2.41. The van der Waals surface area contributed by atoms with Gasteiger partial charge in [0.05, 0.1) is 18.5 Å². The minimum atomic E-state index is -0.448. The van der Waals surface area contributed by atoms with Crippen LogP contribution in [0.1, 0.15) is 91.9 Å². The van der Waals surface area contributed by atoms with Crippen LogP contribution in [0.25, 0.3) is 0 Å². The highest BCUT2D eigenvalue weighted by molar-refractivity contribution is 7.80. The van der Waals surface area contributed by atoms with Gasteiger partial charge in [-0.2, -0.15) is 0 Å². The molecular formula is C26H47N5O3S. The van der Waals surface area contributed by atoms with Crippen LogP contribution in [0.4, 0.5) is 4.79 Å². The number of thiocarbonyl (C=S) groups is 1. The van der Waals surface area contributed by atoms with Crippen LogP contribution >= 0.6 is 12.2 Å². The first kappa shape index (κ1) is 29.3. The number of unbranched alkanes of at least 4 members (excludes halogenated alkanes) is 1. The predicted molar refractivity (Wildman–Crippen MR) is 145 cm³/mol. The molecule has 0 unspecified atom stereocenters. The smallest absolute Gasteiger partial charge is 0.407 e. The van der Waals surface area contributed by atoms with Crippen molar-refractivity contribution in [1.82, 2.24) is 15.5 Å². The van der Waals surface area contributed by atoms with Gasteiger partial charge in [-0.25, -0.2) is 4.79 Å². The maximum atomic E-state index is 13.2. The number of amides is 2. The van der Waals surface area contributed by atoms with Gasteiger partial charge in [-0.3, -0.25) is 10.2 Å². The number of nitrogens with two attached hydrogens (primary N) is 1. The lowest BCUT2D eigenvalue weighted by Crippen LogP contribution is -2.57. The van der Waals surface area contributed by atoms with Crippen LogP contribution in [0.2, 0.25) is 0 Å². The van der Waals surface area contributed by atoms with Crippen LogP contribution in [0.15, 0.2) is 0 Å². The Kier molecular flexibility index (Phi) is 11.7. The van der Waals surface area contributed by atoms with E-state index in [1.807, 2.05) is 4.90 Å². The molecule has 2 amide bonds. The zero-order chi connectivity index (χ0) is 26.0. The second-order valence-corrected chi connectivity index (χ2v) is 11.3. The first-order chi connectivity index (χ1) is 16.6. The van der Waals surface area contributed by atoms with E-state index < -0.39 is 6.09 Å². The average Bonchev–Trinajstić information content (AvgIpc) is 3.31. The van der Waals surface area contributed by atoms with Crippen molar-refractivity contribution in [2.75, 3.05) is 19.7 Å². The predicted octanol–water partition coefficient (Wildman–Crippen LogP) is 4.36. The Morgan fingerprint density at radius 1 is 1.17 bits per heavy atom. The van der Waals surface area contributed by atoms with Crippen molar-refractivity contribution >= 4 is 35.0 Å². The lowest BCUT2D eigenvalue weighted by molar-refractivity contribution is -0.124. The first-order valence-corrected chi connectivity index (χ1v) is 13.9. The number of likely N-dealkylation sites (tertiary alicyclic amines) is 1. The standard InChI is InChI=1S/C26H47N5O3S/c1-5-7-16-34-25(33)30-21(26(3,4)14-6-2)24(35)31-15-8-9-20(31)23(32)29-17-18-10-12-19(13-11-18)22(27)28/h18-21H,5-17H2,1-4H3,(H3,27,28)(H,29,32)(H,30,33)/t18?,19?,20-,21+/m0/s1. The van der Waals surface area contributed by atoms with Crippen LogP contribution < -0.4 is 16.4 Å². The van der Waals surface area contributed by atoms with Crippen LogP contribution in [-0.4, -0.2) is 59.5 Å². The lowest BCUT2D eigenvalue weighted by Gasteiger charge is -2.39. The first-order valence-electron chi connectivity index (χ1n) is 13.5. The molecule has 2 aliphatic rings. The Bertz CT molecular complexity index is 736. The number of nitrogens with zero attached hydrogens (tertiary/aromatic N) is 1. The number of hydrogen-bond acceptors (Lipinski definition) is 5. The summed E-state index contributed by atoms with van der Waals surface area (Å²) >= 11 is 5.94. The van der Waals surface area contributed by atoms with Gasteiger partial charge >= 0.3 is 6.09 Å². The molecule has 9 heteroatoms. The third-order valence-electron chi connectivity index (χ3n) is 7.61. The van der Waals surface area contributed by atoms with Gasteiger partial charge in [0, 0.05) is 19.0 Å². The van der Waals surface area contributed by atoms with E-state index in [-0.39, 0.29) is 35.2 Å². The molecule has 1 heterocycles. The summed E-state index contributed by atoms with van der Waals surface area (Å²) in [4.78, 5) is 28.4. The molecule has 1 aliphatic carbocycles. The number of rotatable bonds is 12. The van der Waals surface area contributed by atoms with Crippen LogP contribution in [0, 0.1) is 22.7 Å². The molecule has 0 spiro atoms. The fraction of sp³-hybridized carbons (Fsp3) is 0.846. The molecule has 1 saturated heterocycles. The Hall–Kier alpha value is -1.90. The summed E-state index contributed by atoms with van der Waals surface area (Å²) in [5, 5.41) is 13.8. The molecule has 2 atom stereocenters. The second-order valence-electron chi connectivity index (χ2n) is 10.9. The number of nitrogens with one attached hydrogen (secondary N) is 3. The summed E-state index contributed by atoms with van der Waals surface area (Å²) in [5.74, 6) is 0.906. The average molecular weight is 510 g/mol. The quantitative estimate of drug-likeness (QED) is 0.134. The molecule has 8 nitrogen and oxygen atoms in total. The van der Waals surface area contributed by atoms with Crippen molar-refractivity contribution in [3.63, 3.8) is 0 Å². The number of carbonyl (C=O) groups excluding carboxylic acids is 2. The topological polar surface area (TPSA) is 121 Å². The molecule has 5 N–H and O–H groups in total. The SMILES string of the molecule is CCCCOC(=O)N[C@H](C(=S)N1CCC[C@H]1C(=O)NCC1CCC(C(=N)N)CC1)C(C)(C)CCC. The summed E-state index contributed by atoms with van der Waals surface area (Å²) < 4.78 is 5.37. The summed E-state index contributed by atoms with van der Waals surface area (Å²) in [7, 11) is 0. The van der Waals surface area contributed by atoms with Gasteiger partial charge in [0.25, 0.3) is 0 Å². The van der Waals surface area contributed by atoms with Crippen LogP contribution in [0.5, 0.6) is 0 Å². The summed E-state index contributed by atoms with van der Waals surface area (Å²) in [6, 6.07) is -0.698. The van der Waals surface area contributed by atoms with E-state index >= 15 is 0 Å². The third-order valence-corrected chi connectivity index (χ3v) is 8.08. The second kappa shape index (κ2) is 14.0. The normalized spacial score (nSPS) is 23.4. The van der Waals surface area contributed by atoms with Gasteiger partial charge < -0.3 is 26.0 Å². The maximum Gasteiger partial charge on any atom is 0.407 e. The molecule has 0 aromatic heterocycles.